The van der Waals surface area contributed by atoms with Crippen LogP contribution in [0, 0.1) is 0 Å². The van der Waals surface area contributed by atoms with Crippen LogP contribution in [-0.4, -0.2) is 213 Å². The first-order valence-electron chi connectivity index (χ1n) is 52.6. The quantitative estimate of drug-likeness (QED) is 0.0544. The summed E-state index contributed by atoms with van der Waals surface area (Å²) in [4.78, 5) is 0. The first kappa shape index (κ1) is 118. The molecule has 0 rings (SSSR count). The molecule has 0 bridgehead atoms. The van der Waals surface area contributed by atoms with E-state index in [2.05, 4.69) is 222 Å². The highest BCUT2D eigenvalue weighted by atomic mass is 31.3. The van der Waals surface area contributed by atoms with Gasteiger partial charge in [0.05, 0.1) is 0 Å². The number of hydrogen-bond donors (Lipinski definition) is 0. The summed E-state index contributed by atoms with van der Waals surface area (Å²) in [6.45, 7) is 85.0. The van der Waals surface area contributed by atoms with Gasteiger partial charge in [0.1, 0.15) is 0 Å². The van der Waals surface area contributed by atoms with Gasteiger partial charge >= 0.3 is 7.87 Å². The highest BCUT2D eigenvalue weighted by Gasteiger charge is 2.62. The van der Waals surface area contributed by atoms with E-state index < -0.39 is 37.9 Å². The van der Waals surface area contributed by atoms with Gasteiger partial charge in [-0.05, 0) is 172 Å². The summed E-state index contributed by atoms with van der Waals surface area (Å²) >= 11 is 0. The van der Waals surface area contributed by atoms with E-state index in [1.54, 1.807) is 0 Å². The predicted octanol–water partition coefficient (Wildman–Crippen LogP) is 33.3. The van der Waals surface area contributed by atoms with E-state index in [1.165, 1.54) is 0 Å². The van der Waals surface area contributed by atoms with Gasteiger partial charge in [-0.15, -0.1) is 0 Å². The number of unbranched alkanes of at least 4 members (excludes halogenated alkanes) is 24. The molecule has 0 N–H and O–H groups in total. The zero-order chi connectivity index (χ0) is 87.2. The van der Waals surface area contributed by atoms with Crippen LogP contribution in [0.15, 0.2) is 18.1 Å². The zero-order valence-corrected chi connectivity index (χ0v) is 88.8. The fourth-order valence-corrected chi connectivity index (χ4v) is 43.8. The Balaban J connectivity index is 16.0. The van der Waals surface area contributed by atoms with E-state index in [1.807, 2.05) is 0 Å². The molecule has 0 spiro atoms. The third-order valence-electron chi connectivity index (χ3n) is 24.0. The molecular formula is C96H216N16P5+. The minimum atomic E-state index is -4.20. The van der Waals surface area contributed by atoms with Crippen molar-refractivity contribution >= 4 is 37.9 Å². The first-order chi connectivity index (χ1) is 57.1. The van der Waals surface area contributed by atoms with Crippen molar-refractivity contribution in [1.82, 2.24) is 56.0 Å². The molecular weight excluding hydrogens is 1530 g/mol. The molecule has 0 saturated carbocycles. The van der Waals surface area contributed by atoms with Crippen molar-refractivity contribution in [3.05, 3.63) is 0 Å². The summed E-state index contributed by atoms with van der Waals surface area (Å²) in [7, 11) is -17.2. The van der Waals surface area contributed by atoms with Gasteiger partial charge in [-0.2, -0.15) is 0 Å². The predicted molar refractivity (Wildman–Crippen MR) is 541 cm³/mol. The molecule has 16 nitrogen and oxygen atoms in total. The maximum absolute atomic E-state index is 8.44. The van der Waals surface area contributed by atoms with Crippen LogP contribution < -0.4 is 0 Å². The normalized spacial score (nSPS) is 13.1. The van der Waals surface area contributed by atoms with Crippen LogP contribution in [0.2, 0.25) is 0 Å². The van der Waals surface area contributed by atoms with Crippen molar-refractivity contribution in [3.8, 4) is 0 Å². The first-order valence-corrected chi connectivity index (χ1v) is 60.6. The fourth-order valence-electron chi connectivity index (χ4n) is 16.3. The van der Waals surface area contributed by atoms with E-state index in [9.17, 15) is 0 Å². The minimum absolute atomic E-state index is 1.03. The fraction of sp³-hybridized carbons (Fsp3) is 1.00. The highest BCUT2D eigenvalue weighted by molar-refractivity contribution is 7.88. The summed E-state index contributed by atoms with van der Waals surface area (Å²) in [5.41, 5.74) is 0. The van der Waals surface area contributed by atoms with Gasteiger partial charge in [-0.3, -0.25) is 0 Å². The Hall–Kier alpha value is 0.870. The Morgan fingerprint density at radius 1 is 0.120 bits per heavy atom. The standard InChI is InChI=1S/C96H216N16P5/c1-25-49-73-101(74-50-26-2)114(102(75-51-27-3)76-52-28-4,103(77-53-29-5)78-54-30-6)97-113(98-115(104(79-55-31-7)80-56-32-8,105(81-57-33-9)82-58-34-10)106(83-59-35-11)84-60-36-12,99-116(107(85-61-37-13)86-62-38-14,108(87-63-39-15)88-64-40-16)109(89-65-41-17)90-66-42-18)100-117(110(91-67-43-19)92-68-44-20,111(93-69-45-21)94-70-46-22)112(95-71-47-23)96-72-48-24/h25-96H2,1-24H3/q+1. The molecule has 704 valence electrons. The molecule has 0 atom stereocenters. The van der Waals surface area contributed by atoms with Crippen molar-refractivity contribution < 1.29 is 0 Å². The van der Waals surface area contributed by atoms with E-state index >= 15 is 0 Å². The van der Waals surface area contributed by atoms with E-state index in [0.717, 1.165) is 465 Å². The van der Waals surface area contributed by atoms with Crippen LogP contribution in [0.5, 0.6) is 0 Å². The lowest BCUT2D eigenvalue weighted by atomic mass is 10.3. The topological polar surface area (TPSA) is 88.3 Å². The zero-order valence-electron chi connectivity index (χ0n) is 84.3. The second-order valence-electron chi connectivity index (χ2n) is 35.0. The number of nitrogens with zero attached hydrogens (tertiary/aromatic N) is 16. The lowest BCUT2D eigenvalue weighted by molar-refractivity contribution is 0.289. The summed E-state index contributed by atoms with van der Waals surface area (Å²) in [5, 5.41) is 0. The van der Waals surface area contributed by atoms with Crippen molar-refractivity contribution in [2.45, 2.75) is 474 Å². The van der Waals surface area contributed by atoms with Gasteiger partial charge in [0.25, 0.3) is 0 Å². The minimum Gasteiger partial charge on any atom is -0.243 e. The summed E-state index contributed by atoms with van der Waals surface area (Å²) in [5.74, 6) is 0. The molecule has 117 heavy (non-hydrogen) atoms. The number of hydrogen-bond acceptors (Lipinski definition) is 4. The van der Waals surface area contributed by atoms with Gasteiger partial charge in [0.2, 0.25) is 30.0 Å². The van der Waals surface area contributed by atoms with Crippen molar-refractivity contribution in [3.63, 3.8) is 0 Å². The Bertz CT molecular complexity index is 1790. The molecule has 0 aromatic carbocycles. The maximum Gasteiger partial charge on any atom is 0.502 e. The van der Waals surface area contributed by atoms with Crippen molar-refractivity contribution in [2.24, 2.45) is 18.1 Å². The van der Waals surface area contributed by atoms with Gasteiger partial charge in [-0.25, -0.2) is 56.0 Å². The Kier molecular flexibility index (Phi) is 77.4. The molecule has 0 aliphatic carbocycles. The van der Waals surface area contributed by atoms with Crippen molar-refractivity contribution in [1.29, 1.82) is 0 Å². The van der Waals surface area contributed by atoms with Crippen LogP contribution in [0.1, 0.15) is 474 Å². The second kappa shape index (κ2) is 76.9. The van der Waals surface area contributed by atoms with Crippen LogP contribution in [0.4, 0.5) is 0 Å². The average Bonchev–Trinajstić information content (AvgIpc) is 0.705. The van der Waals surface area contributed by atoms with Crippen LogP contribution in [0.25, 0.3) is 0 Å². The van der Waals surface area contributed by atoms with E-state index in [0.29, 0.717) is 0 Å². The van der Waals surface area contributed by atoms with Gasteiger partial charge in [0, 0.05) is 157 Å². The molecule has 0 saturated heterocycles. The van der Waals surface area contributed by atoms with E-state index in [-0.39, 0.29) is 0 Å². The van der Waals surface area contributed by atoms with Crippen LogP contribution in [-0.2, 0) is 0 Å². The van der Waals surface area contributed by atoms with E-state index in [4.69, 9.17) is 18.1 Å². The molecule has 0 aromatic heterocycles. The molecule has 0 aliphatic rings. The smallest absolute Gasteiger partial charge is 0.243 e. The van der Waals surface area contributed by atoms with Gasteiger partial charge in [0.15, 0.2) is 0 Å². The lowest BCUT2D eigenvalue weighted by Gasteiger charge is -2.52. The molecule has 21 heteroatoms. The molecule has 0 heterocycles. The lowest BCUT2D eigenvalue weighted by Crippen LogP contribution is -2.45. The molecule has 0 fully saturated rings. The third kappa shape index (κ3) is 41.5. The second-order valence-corrected chi connectivity index (χ2v) is 50.0. The van der Waals surface area contributed by atoms with Crippen molar-refractivity contribution in [2.75, 3.05) is 157 Å². The number of rotatable bonds is 88. The molecule has 0 aromatic rings. The van der Waals surface area contributed by atoms with Gasteiger partial charge in [-0.1, -0.05) is 320 Å². The SMILES string of the molecule is CCCCN(CCCC)P(=N[P+](N=P(N(CCCC)CCCC)(N(CCCC)CCCC)N(CCCC)CCCC)(N=P(N(CCCC)CCCC)(N(CCCC)CCCC)N(CCCC)CCCC)N=P(N(CCCC)CCCC)(N(CCCC)CCCC)N(CCCC)CCCC)(N(CCCC)CCCC)N(CCCC)CCCC. The molecule has 0 radical (unpaired) electrons. The van der Waals surface area contributed by atoms with Crippen LogP contribution >= 0.6 is 37.9 Å². The summed E-state index contributed by atoms with van der Waals surface area (Å²) in [6.07, 6.45) is 55.2. The monoisotopic (exact) mass is 1750 g/mol. The highest BCUT2D eigenvalue weighted by Crippen LogP contribution is 2.88. The maximum atomic E-state index is 8.44. The largest absolute Gasteiger partial charge is 0.502 e. The summed E-state index contributed by atoms with van der Waals surface area (Å²) < 4.78 is 73.0. The third-order valence-corrected chi connectivity index (χ3v) is 45.6. The Labute approximate surface area is 738 Å². The van der Waals surface area contributed by atoms with Crippen LogP contribution in [0.3, 0.4) is 0 Å². The Morgan fingerprint density at radius 2 is 0.179 bits per heavy atom. The molecule has 0 aliphatic heterocycles. The Morgan fingerprint density at radius 3 is 0.231 bits per heavy atom. The molecule has 0 unspecified atom stereocenters. The molecule has 0 amide bonds. The average molecular weight is 1750 g/mol. The van der Waals surface area contributed by atoms with Gasteiger partial charge < -0.3 is 0 Å². The summed E-state index contributed by atoms with van der Waals surface area (Å²) in [6, 6.07) is 0.